The number of hydrogen-bond donors (Lipinski definition) is 3. The van der Waals surface area contributed by atoms with Crippen LogP contribution in [0.5, 0.6) is 0 Å². The molecule has 0 spiro atoms. The van der Waals surface area contributed by atoms with E-state index in [-0.39, 0.29) is 45.1 Å². The van der Waals surface area contributed by atoms with Crippen molar-refractivity contribution >= 4 is 79.0 Å². The van der Waals surface area contributed by atoms with Crippen molar-refractivity contribution in [3.8, 4) is 11.1 Å². The van der Waals surface area contributed by atoms with Crippen molar-refractivity contribution in [1.29, 1.82) is 0 Å². The fraction of sp³-hybridized carbons (Fsp3) is 0.436. The highest BCUT2D eigenvalue weighted by Crippen LogP contribution is 2.34. The number of carboxylic acids is 2. The van der Waals surface area contributed by atoms with Crippen LogP contribution in [-0.2, 0) is 29.1 Å². The average molecular weight is 812 g/mol. The lowest BCUT2D eigenvalue weighted by Crippen LogP contribution is -2.43. The van der Waals surface area contributed by atoms with E-state index in [0.717, 1.165) is 81.2 Å². The molecule has 2 aromatic heterocycles. The Balaban J connectivity index is 0.00000325. The number of nitrogens with one attached hydrogen (secondary N) is 1. The van der Waals surface area contributed by atoms with Crippen molar-refractivity contribution in [3.63, 3.8) is 0 Å². The van der Waals surface area contributed by atoms with E-state index in [4.69, 9.17) is 0 Å². The molecule has 4 heterocycles. The minimum absolute atomic E-state index is 0. The van der Waals surface area contributed by atoms with E-state index < -0.39 is 24.0 Å². The molecule has 6 rings (SSSR count). The molecule has 2 atom stereocenters. The van der Waals surface area contributed by atoms with Gasteiger partial charge in [-0.25, -0.2) is 9.97 Å². The number of thiazole rings is 2. The lowest BCUT2D eigenvalue weighted by Gasteiger charge is -2.32. The monoisotopic (exact) mass is 811 g/mol. The number of carboxylic acid groups (broad SMARTS) is 2. The van der Waals surface area contributed by atoms with Crippen molar-refractivity contribution in [1.82, 2.24) is 19.8 Å². The second-order valence-corrected chi connectivity index (χ2v) is 16.0. The van der Waals surface area contributed by atoms with Crippen LogP contribution < -0.4 is 5.32 Å². The van der Waals surface area contributed by atoms with Crippen LogP contribution >= 0.6 is 49.7 Å². The standard InChI is InChI=1S/C39H45N5O6S2.2H2S/c1-22-26(19-32(45)36-40-24(3)33(51-36)20-43-17-7-5-15-30(43)38(47)48)11-9-12-27(22)28-13-10-14-29(23(28)2)42-35(46)37-41-25(4)34(52-37)21-44-18-8-6-16-31(44)39(49)50;;/h9-14,30-31H,5-8,15-21H2,1-4H3,(H,42,46)(H,47,48)(H,49,50);2*1H2/t30-,31-;;/m0../s1. The zero-order valence-electron chi connectivity index (χ0n) is 31.0. The van der Waals surface area contributed by atoms with Crippen LogP contribution in [0, 0.1) is 27.7 Å². The zero-order valence-corrected chi connectivity index (χ0v) is 34.7. The van der Waals surface area contributed by atoms with Gasteiger partial charge in [-0.1, -0.05) is 43.2 Å². The van der Waals surface area contributed by atoms with Gasteiger partial charge in [0.05, 0.1) is 11.4 Å². The number of hydrogen-bond acceptors (Lipinski definition) is 10. The molecule has 2 aliphatic heterocycles. The van der Waals surface area contributed by atoms with Crippen LogP contribution in [-0.4, -0.2) is 78.8 Å². The Morgan fingerprint density at radius 1 is 0.722 bits per heavy atom. The molecule has 0 radical (unpaired) electrons. The molecule has 2 aliphatic rings. The summed E-state index contributed by atoms with van der Waals surface area (Å²) in [5, 5.41) is 23.2. The first-order valence-corrected chi connectivity index (χ1v) is 19.4. The number of benzene rings is 2. The number of anilines is 1. The fourth-order valence-corrected chi connectivity index (χ4v) is 9.32. The number of carbonyl (C=O) groups is 4. The molecule has 3 N–H and O–H groups in total. The highest BCUT2D eigenvalue weighted by atomic mass is 32.1. The van der Waals surface area contributed by atoms with E-state index in [1.807, 2.05) is 73.9 Å². The van der Waals surface area contributed by atoms with Gasteiger partial charge in [-0.3, -0.25) is 29.0 Å². The molecule has 54 heavy (non-hydrogen) atoms. The molecule has 2 saturated heterocycles. The molecule has 290 valence electrons. The molecule has 2 aromatic carbocycles. The summed E-state index contributed by atoms with van der Waals surface area (Å²) in [7, 11) is 0. The maximum absolute atomic E-state index is 13.6. The first-order valence-electron chi connectivity index (χ1n) is 17.8. The predicted octanol–water partition coefficient (Wildman–Crippen LogP) is 7.28. The number of ketones is 1. The van der Waals surface area contributed by atoms with Gasteiger partial charge in [0, 0.05) is 35.0 Å². The van der Waals surface area contributed by atoms with Crippen LogP contribution in [0.2, 0.25) is 0 Å². The third kappa shape index (κ3) is 9.61. The summed E-state index contributed by atoms with van der Waals surface area (Å²) in [4.78, 5) is 65.6. The molecule has 2 fully saturated rings. The van der Waals surface area contributed by atoms with Crippen molar-refractivity contribution < 1.29 is 29.4 Å². The van der Waals surface area contributed by atoms with Gasteiger partial charge in [0.2, 0.25) is 0 Å². The summed E-state index contributed by atoms with van der Waals surface area (Å²) in [6, 6.07) is 10.6. The first kappa shape index (κ1) is 43.1. The SMILES string of the molecule is Cc1nc(C(=O)Cc2cccc(-c3cccc(NC(=O)c4nc(C)c(CN5CCCC[C@H]5C(=O)O)s4)c3C)c2C)sc1CN1CCCC[C@H]1C(=O)O.S.S. The summed E-state index contributed by atoms with van der Waals surface area (Å²) in [5.41, 5.74) is 6.78. The largest absolute Gasteiger partial charge is 0.480 e. The molecule has 0 aliphatic carbocycles. The molecular formula is C39H49N5O6S4. The average Bonchev–Trinajstić information content (AvgIpc) is 3.68. The Kier molecular flexibility index (Phi) is 15.0. The number of piperidine rings is 2. The van der Waals surface area contributed by atoms with E-state index in [9.17, 15) is 29.4 Å². The molecule has 4 aromatic rings. The van der Waals surface area contributed by atoms with Crippen molar-refractivity contribution in [3.05, 3.63) is 84.2 Å². The van der Waals surface area contributed by atoms with E-state index in [1.165, 1.54) is 22.7 Å². The summed E-state index contributed by atoms with van der Waals surface area (Å²) in [5.74, 6) is -2.02. The Hall–Kier alpha value is -3.60. The maximum Gasteiger partial charge on any atom is 0.320 e. The Labute approximate surface area is 338 Å². The lowest BCUT2D eigenvalue weighted by molar-refractivity contribution is -0.145. The smallest absolute Gasteiger partial charge is 0.320 e. The molecule has 0 saturated carbocycles. The molecule has 0 bridgehead atoms. The van der Waals surface area contributed by atoms with Gasteiger partial charge < -0.3 is 15.5 Å². The van der Waals surface area contributed by atoms with Gasteiger partial charge >= 0.3 is 11.9 Å². The number of Topliss-reactive ketones (excluding diaryl/α,β-unsaturated/α-hetero) is 1. The molecular weight excluding hydrogens is 763 g/mol. The van der Waals surface area contributed by atoms with E-state index in [2.05, 4.69) is 15.3 Å². The normalized spacial score (nSPS) is 17.6. The van der Waals surface area contributed by atoms with E-state index >= 15 is 0 Å². The lowest BCUT2D eigenvalue weighted by atomic mass is 9.91. The van der Waals surface area contributed by atoms with Crippen molar-refractivity contribution in [2.24, 2.45) is 0 Å². The van der Waals surface area contributed by atoms with E-state index in [0.29, 0.717) is 48.2 Å². The van der Waals surface area contributed by atoms with Crippen LogP contribution in [0.1, 0.15) is 96.0 Å². The fourth-order valence-electron chi connectivity index (χ4n) is 7.31. The number of carbonyl (C=O) groups excluding carboxylic acids is 2. The highest BCUT2D eigenvalue weighted by Gasteiger charge is 2.31. The number of aliphatic carboxylic acids is 2. The van der Waals surface area contributed by atoms with Crippen molar-refractivity contribution in [2.45, 2.75) is 97.8 Å². The number of nitrogens with zero attached hydrogens (tertiary/aromatic N) is 4. The highest BCUT2D eigenvalue weighted by molar-refractivity contribution is 7.59. The predicted molar refractivity (Wildman–Crippen MR) is 223 cm³/mol. The van der Waals surface area contributed by atoms with E-state index in [1.54, 1.807) is 0 Å². The Morgan fingerprint density at radius 2 is 1.22 bits per heavy atom. The minimum atomic E-state index is -0.812. The van der Waals surface area contributed by atoms with Crippen molar-refractivity contribution in [2.75, 3.05) is 18.4 Å². The van der Waals surface area contributed by atoms with Crippen LogP contribution in [0.3, 0.4) is 0 Å². The molecule has 0 unspecified atom stereocenters. The molecule has 1 amide bonds. The Morgan fingerprint density at radius 3 is 1.78 bits per heavy atom. The van der Waals surface area contributed by atoms with Crippen LogP contribution in [0.4, 0.5) is 5.69 Å². The number of amides is 1. The summed E-state index contributed by atoms with van der Waals surface area (Å²) in [6.07, 6.45) is 5.15. The van der Waals surface area contributed by atoms with Crippen LogP contribution in [0.15, 0.2) is 36.4 Å². The van der Waals surface area contributed by atoms with Gasteiger partial charge in [0.1, 0.15) is 12.1 Å². The van der Waals surface area contributed by atoms with Gasteiger partial charge in [-0.05, 0) is 100 Å². The second kappa shape index (κ2) is 18.8. The maximum atomic E-state index is 13.6. The first-order chi connectivity index (χ1) is 24.9. The van der Waals surface area contributed by atoms with Gasteiger partial charge in [-0.15, -0.1) is 22.7 Å². The number of aromatic nitrogens is 2. The molecule has 15 heteroatoms. The number of likely N-dealkylation sites (tertiary alicyclic amines) is 2. The Bertz CT molecular complexity index is 1870. The van der Waals surface area contributed by atoms with Crippen LogP contribution in [0.25, 0.3) is 11.1 Å². The summed E-state index contributed by atoms with van der Waals surface area (Å²) < 4.78 is 0. The van der Waals surface area contributed by atoms with Gasteiger partial charge in [-0.2, -0.15) is 27.0 Å². The quantitative estimate of drug-likeness (QED) is 0.125. The summed E-state index contributed by atoms with van der Waals surface area (Å²) >= 11 is 2.66. The van der Waals surface area contributed by atoms with Gasteiger partial charge in [0.25, 0.3) is 5.91 Å². The van der Waals surface area contributed by atoms with Gasteiger partial charge in [0.15, 0.2) is 15.8 Å². The minimum Gasteiger partial charge on any atom is -0.480 e. The summed E-state index contributed by atoms with van der Waals surface area (Å²) in [6.45, 7) is 10.0. The number of aryl methyl sites for hydroxylation is 2. The number of rotatable bonds is 12. The zero-order chi connectivity index (χ0) is 37.1. The topological polar surface area (TPSA) is 153 Å². The third-order valence-electron chi connectivity index (χ3n) is 10.4. The molecule has 11 nitrogen and oxygen atoms in total. The third-order valence-corrected chi connectivity index (χ3v) is 12.7. The second-order valence-electron chi connectivity index (χ2n) is 13.8.